The zero-order valence-electron chi connectivity index (χ0n) is 21.5. The molecule has 2 unspecified atom stereocenters. The van der Waals surface area contributed by atoms with Crippen LogP contribution in [0.2, 0.25) is 0 Å². The predicted molar refractivity (Wildman–Crippen MR) is 154 cm³/mol. The summed E-state index contributed by atoms with van der Waals surface area (Å²) >= 11 is 5.89. The molecule has 0 aliphatic heterocycles. The molecule has 38 heavy (non-hydrogen) atoms. The van der Waals surface area contributed by atoms with E-state index in [-0.39, 0.29) is 12.3 Å². The summed E-state index contributed by atoms with van der Waals surface area (Å²) in [5, 5.41) is 13.3. The second-order valence-corrected chi connectivity index (χ2v) is 15.8. The van der Waals surface area contributed by atoms with Gasteiger partial charge in [-0.3, -0.25) is 18.8 Å². The van der Waals surface area contributed by atoms with Gasteiger partial charge in [0.05, 0.1) is 13.1 Å². The molecule has 0 radical (unpaired) electrons. The Hall–Kier alpha value is -1.58. The Morgan fingerprint density at radius 3 is 2.08 bits per heavy atom. The highest BCUT2D eigenvalue weighted by atomic mass is 32.4. The van der Waals surface area contributed by atoms with Crippen LogP contribution in [0, 0.1) is 0 Å². The molecule has 11 nitrogen and oxygen atoms in total. The van der Waals surface area contributed by atoms with Crippen molar-refractivity contribution in [2.45, 2.75) is 38.5 Å². The van der Waals surface area contributed by atoms with Gasteiger partial charge in [-0.1, -0.05) is 37.3 Å². The van der Waals surface area contributed by atoms with Crippen LogP contribution >= 0.6 is 22.0 Å². The smallest absolute Gasteiger partial charge is 0.339 e. The van der Waals surface area contributed by atoms with E-state index in [1.165, 1.54) is 0 Å². The fourth-order valence-electron chi connectivity index (χ4n) is 3.77. The molecule has 2 aromatic carbocycles. The molecule has 15 heteroatoms. The Kier molecular flexibility index (Phi) is 12.2. The lowest BCUT2D eigenvalue weighted by molar-refractivity contribution is 0.164. The Morgan fingerprint density at radius 2 is 1.58 bits per heavy atom. The van der Waals surface area contributed by atoms with Crippen LogP contribution in [0.3, 0.4) is 0 Å². The maximum atomic E-state index is 11.4. The molecular weight excluding hydrogens is 571 g/mol. The largest absolute Gasteiger partial charge is 0.508 e. The van der Waals surface area contributed by atoms with E-state index in [1.807, 2.05) is 14.0 Å². The summed E-state index contributed by atoms with van der Waals surface area (Å²) in [4.78, 5) is 38.0. The van der Waals surface area contributed by atoms with Crippen molar-refractivity contribution in [3.8, 4) is 11.5 Å². The normalized spacial score (nSPS) is 14.9. The predicted octanol–water partition coefficient (Wildman–Crippen LogP) is 3.96. The monoisotopic (exact) mass is 607 g/mol. The Morgan fingerprint density at radius 1 is 1.03 bits per heavy atom. The van der Waals surface area contributed by atoms with Gasteiger partial charge in [-0.2, -0.15) is 5.10 Å². The molecule has 0 spiro atoms. The van der Waals surface area contributed by atoms with E-state index < -0.39 is 40.0 Å². The third-order valence-corrected chi connectivity index (χ3v) is 11.1. The van der Waals surface area contributed by atoms with Gasteiger partial charge >= 0.3 is 15.2 Å². The summed E-state index contributed by atoms with van der Waals surface area (Å²) < 4.78 is 30.8. The van der Waals surface area contributed by atoms with Crippen molar-refractivity contribution in [3.05, 3.63) is 59.7 Å². The van der Waals surface area contributed by atoms with Crippen molar-refractivity contribution in [1.29, 1.82) is 0 Å². The van der Waals surface area contributed by atoms with Crippen molar-refractivity contribution >= 4 is 40.1 Å². The first-order valence-electron chi connectivity index (χ1n) is 11.8. The third kappa shape index (κ3) is 11.7. The van der Waals surface area contributed by atoms with E-state index in [9.17, 15) is 33.8 Å². The SMILES string of the molecule is CCCC(C)(Oc1ccc(CCN(CP(=O)(O)O)CP(=O)(O)O)cc1)[PH](=S)N(C)/N=C/c1ccc(O)cc1. The van der Waals surface area contributed by atoms with Crippen molar-refractivity contribution in [1.82, 2.24) is 9.68 Å². The van der Waals surface area contributed by atoms with Crippen LogP contribution in [0.1, 0.15) is 37.8 Å². The Bertz CT molecular complexity index is 1160. The summed E-state index contributed by atoms with van der Waals surface area (Å²) in [6, 6.07) is 13.8. The van der Waals surface area contributed by atoms with E-state index in [0.29, 0.717) is 18.6 Å². The lowest BCUT2D eigenvalue weighted by Crippen LogP contribution is -2.31. The Labute approximate surface area is 228 Å². The average Bonchev–Trinajstić information content (AvgIpc) is 2.80. The van der Waals surface area contributed by atoms with E-state index in [0.717, 1.165) is 22.4 Å². The number of nitrogens with zero attached hydrogens (tertiary/aromatic N) is 3. The number of hydrazone groups is 1. The van der Waals surface area contributed by atoms with Crippen molar-refractivity contribution in [2.24, 2.45) is 5.10 Å². The average molecular weight is 608 g/mol. The minimum absolute atomic E-state index is 0.0626. The first-order chi connectivity index (χ1) is 17.6. The maximum Gasteiger partial charge on any atom is 0.339 e. The highest BCUT2D eigenvalue weighted by Crippen LogP contribution is 2.46. The van der Waals surface area contributed by atoms with Gasteiger partial charge in [-0.15, -0.1) is 0 Å². The van der Waals surface area contributed by atoms with E-state index in [4.69, 9.17) is 16.5 Å². The number of rotatable bonds is 15. The number of hydrogen-bond acceptors (Lipinski definition) is 7. The summed E-state index contributed by atoms with van der Waals surface area (Å²) in [7, 11) is -7.14. The molecule has 0 amide bonds. The minimum Gasteiger partial charge on any atom is -0.508 e. The minimum atomic E-state index is -4.48. The van der Waals surface area contributed by atoms with Gasteiger partial charge in [0.2, 0.25) is 0 Å². The number of hydrogen-bond donors (Lipinski definition) is 5. The van der Waals surface area contributed by atoms with Crippen LogP contribution in [0.25, 0.3) is 0 Å². The van der Waals surface area contributed by atoms with E-state index >= 15 is 0 Å². The summed E-state index contributed by atoms with van der Waals surface area (Å²) in [6.07, 6.45) is 2.11. The molecular formula is C23H36N3O8P3S. The number of phenolic OH excluding ortho intramolecular Hbond substituents is 1. The number of phenols is 1. The fourth-order valence-corrected chi connectivity index (χ4v) is 7.54. The standard InChI is InChI=1S/C23H36N3O8P3S/c1-4-14-23(2,35(38)25(3)24-16-20-5-9-21(27)10-6-20)34-22-11-7-19(8-12-22)13-15-26(17-36(28,29)30)18-37(31,32)33/h5-12,16,27,35H,4,13-15,17-18H2,1-3H3,(H2,28,29,30)(H2,31,32,33)/b24-16+. The van der Waals surface area contributed by atoms with Crippen LogP contribution in [-0.4, -0.2) is 72.1 Å². The second-order valence-electron chi connectivity index (χ2n) is 9.15. The molecule has 0 aliphatic carbocycles. The highest BCUT2D eigenvalue weighted by Gasteiger charge is 2.32. The van der Waals surface area contributed by atoms with Crippen LogP contribution in [0.15, 0.2) is 53.6 Å². The number of benzene rings is 2. The maximum absolute atomic E-state index is 11.4. The van der Waals surface area contributed by atoms with E-state index in [1.54, 1.807) is 59.5 Å². The van der Waals surface area contributed by atoms with Crippen molar-refractivity contribution < 1.29 is 38.5 Å². The van der Waals surface area contributed by atoms with Crippen LogP contribution < -0.4 is 4.74 Å². The summed E-state index contributed by atoms with van der Waals surface area (Å²) in [5.74, 6) is 0.785. The lowest BCUT2D eigenvalue weighted by Gasteiger charge is -2.35. The first-order valence-corrected chi connectivity index (χ1v) is 18.0. The molecule has 2 atom stereocenters. The summed E-state index contributed by atoms with van der Waals surface area (Å²) in [5.41, 5.74) is 1.64. The van der Waals surface area contributed by atoms with Gasteiger partial charge in [-0.25, -0.2) is 0 Å². The van der Waals surface area contributed by atoms with Gasteiger partial charge < -0.3 is 29.4 Å². The Balaban J connectivity index is 2.08. The molecule has 0 fully saturated rings. The molecule has 5 N–H and O–H groups in total. The zero-order chi connectivity index (χ0) is 28.6. The van der Waals surface area contributed by atoms with Crippen molar-refractivity contribution in [3.63, 3.8) is 0 Å². The van der Waals surface area contributed by atoms with Gasteiger partial charge in [0.15, 0.2) is 0 Å². The molecule has 0 aromatic heterocycles. The second kappa shape index (κ2) is 14.2. The van der Waals surface area contributed by atoms with Crippen LogP contribution in [-0.2, 0) is 27.4 Å². The first kappa shape index (κ1) is 32.6. The highest BCUT2D eigenvalue weighted by molar-refractivity contribution is 8.04. The quantitative estimate of drug-likeness (QED) is 0.113. The third-order valence-electron chi connectivity index (χ3n) is 5.50. The van der Waals surface area contributed by atoms with Crippen LogP contribution in [0.4, 0.5) is 0 Å². The van der Waals surface area contributed by atoms with Crippen molar-refractivity contribution in [2.75, 3.05) is 26.2 Å². The molecule has 2 aromatic rings. The molecule has 2 rings (SSSR count). The van der Waals surface area contributed by atoms with Gasteiger partial charge in [0.1, 0.15) is 29.4 Å². The molecule has 0 saturated carbocycles. The number of ether oxygens (including phenoxy) is 1. The lowest BCUT2D eigenvalue weighted by atomic mass is 10.1. The van der Waals surface area contributed by atoms with Gasteiger partial charge in [0.25, 0.3) is 0 Å². The zero-order valence-corrected chi connectivity index (χ0v) is 25.1. The van der Waals surface area contributed by atoms with Gasteiger partial charge in [0, 0.05) is 13.6 Å². The van der Waals surface area contributed by atoms with Gasteiger partial charge in [-0.05, 0) is 67.3 Å². The fraction of sp³-hybridized carbons (Fsp3) is 0.435. The van der Waals surface area contributed by atoms with Crippen LogP contribution in [0.5, 0.6) is 11.5 Å². The molecule has 0 saturated heterocycles. The molecule has 0 bridgehead atoms. The number of aromatic hydroxyl groups is 1. The van der Waals surface area contributed by atoms with E-state index in [2.05, 4.69) is 12.0 Å². The summed E-state index contributed by atoms with van der Waals surface area (Å²) in [6.45, 7) is 2.37. The molecule has 0 heterocycles. The topological polar surface area (TPSA) is 163 Å². The molecule has 0 aliphatic rings. The molecule has 212 valence electrons.